The minimum Gasteiger partial charge on any atom is -0.368 e. The fourth-order valence-electron chi connectivity index (χ4n) is 8.34. The number of aromatic nitrogens is 4. The number of rotatable bonds is 10. The number of nitrogens with zero attached hydrogens (tertiary/aromatic N) is 6. The third kappa shape index (κ3) is 7.62. The molecule has 316 valence electrons. The number of nitrogens with one attached hydrogen (secondary N) is 1. The third-order valence-electron chi connectivity index (χ3n) is 11.2. The van der Waals surface area contributed by atoms with E-state index in [1.807, 2.05) is 17.0 Å². The van der Waals surface area contributed by atoms with Gasteiger partial charge in [-0.2, -0.15) is 32.0 Å². The predicted molar refractivity (Wildman–Crippen MR) is 210 cm³/mol. The van der Waals surface area contributed by atoms with E-state index in [2.05, 4.69) is 15.3 Å². The smallest absolute Gasteiger partial charge is 0.368 e. The molecule has 3 aromatic heterocycles. The summed E-state index contributed by atoms with van der Waals surface area (Å²) in [5, 5.41) is 7.27. The lowest BCUT2D eigenvalue weighted by Gasteiger charge is -2.35. The normalized spacial score (nSPS) is 18.6. The third-order valence-corrected chi connectivity index (χ3v) is 12.5. The Morgan fingerprint density at radius 2 is 1.62 bits per heavy atom. The van der Waals surface area contributed by atoms with Crippen molar-refractivity contribution in [1.82, 2.24) is 25.1 Å². The van der Waals surface area contributed by atoms with E-state index in [9.17, 15) is 35.9 Å². The summed E-state index contributed by atoms with van der Waals surface area (Å²) in [6.45, 7) is 1.34. The van der Waals surface area contributed by atoms with E-state index in [1.54, 1.807) is 18.2 Å². The molecule has 0 bridgehead atoms. The molecule has 61 heavy (non-hydrogen) atoms. The number of hydrogen-bond donors (Lipinski definition) is 2. The Morgan fingerprint density at radius 3 is 2.30 bits per heavy atom. The highest BCUT2D eigenvalue weighted by atomic mass is 35.5. The Labute approximate surface area is 349 Å². The van der Waals surface area contributed by atoms with Crippen LogP contribution in [0.15, 0.2) is 66.7 Å². The minimum atomic E-state index is -5.08. The average molecular weight is 887 g/mol. The molecule has 9 rings (SSSR count). The topological polar surface area (TPSA) is 122 Å². The first-order valence-corrected chi connectivity index (χ1v) is 20.1. The summed E-state index contributed by atoms with van der Waals surface area (Å²) >= 11 is 7.35. The number of amides is 2. The van der Waals surface area contributed by atoms with E-state index < -0.39 is 88.3 Å². The lowest BCUT2D eigenvalue weighted by Crippen LogP contribution is -2.46. The van der Waals surface area contributed by atoms with Crippen molar-refractivity contribution in [2.75, 3.05) is 36.0 Å². The lowest BCUT2D eigenvalue weighted by molar-refractivity contribution is -0.142. The Morgan fingerprint density at radius 1 is 0.934 bits per heavy atom. The van der Waals surface area contributed by atoms with Gasteiger partial charge in [-0.05, 0) is 84.5 Å². The van der Waals surface area contributed by atoms with Gasteiger partial charge in [0.05, 0.1) is 22.0 Å². The molecule has 1 saturated carbocycles. The molecule has 3 aliphatic rings. The Balaban J connectivity index is 1.11. The molecule has 20 heteroatoms. The molecule has 3 aromatic carbocycles. The highest BCUT2D eigenvalue weighted by Crippen LogP contribution is 2.68. The van der Waals surface area contributed by atoms with Crippen LogP contribution in [0, 0.1) is 23.4 Å². The van der Waals surface area contributed by atoms with Crippen LogP contribution in [0.4, 0.5) is 45.9 Å². The summed E-state index contributed by atoms with van der Waals surface area (Å²) in [6.07, 6.45) is -5.61. The second-order valence-electron chi connectivity index (χ2n) is 15.2. The molecule has 2 fully saturated rings. The largest absolute Gasteiger partial charge is 0.435 e. The van der Waals surface area contributed by atoms with E-state index in [-0.39, 0.29) is 40.9 Å². The van der Waals surface area contributed by atoms with Crippen molar-refractivity contribution in [2.45, 2.75) is 43.4 Å². The van der Waals surface area contributed by atoms with E-state index in [1.165, 1.54) is 23.5 Å². The van der Waals surface area contributed by atoms with Gasteiger partial charge in [0.25, 0.3) is 11.8 Å². The fraction of sp³-hybridized carbons (Fsp3) is 0.293. The van der Waals surface area contributed by atoms with Crippen molar-refractivity contribution in [1.29, 1.82) is 0 Å². The molecule has 3 atom stereocenters. The number of halogens is 9. The van der Waals surface area contributed by atoms with Crippen LogP contribution in [0.1, 0.15) is 56.9 Å². The maximum Gasteiger partial charge on any atom is 0.435 e. The van der Waals surface area contributed by atoms with Gasteiger partial charge in [0.2, 0.25) is 5.91 Å². The number of fused-ring (bicyclic) bond motifs is 4. The monoisotopic (exact) mass is 886 g/mol. The van der Waals surface area contributed by atoms with E-state index >= 15 is 8.78 Å². The number of hydrogen-bond acceptors (Lipinski definition) is 8. The van der Waals surface area contributed by atoms with Crippen molar-refractivity contribution in [3.8, 4) is 11.1 Å². The Bertz CT molecular complexity index is 2710. The summed E-state index contributed by atoms with van der Waals surface area (Å²) in [5.74, 6) is -11.1. The predicted octanol–water partition coefficient (Wildman–Crippen LogP) is 8.38. The van der Waals surface area contributed by atoms with Gasteiger partial charge >= 0.3 is 6.18 Å². The minimum absolute atomic E-state index is 0.00907. The quantitative estimate of drug-likeness (QED) is 0.133. The fourth-order valence-corrected chi connectivity index (χ4v) is 9.46. The summed E-state index contributed by atoms with van der Waals surface area (Å²) in [6, 6.07) is 13.8. The number of anilines is 2. The van der Waals surface area contributed by atoms with Crippen molar-refractivity contribution in [3.63, 3.8) is 0 Å². The van der Waals surface area contributed by atoms with Gasteiger partial charge in [-0.25, -0.2) is 18.2 Å². The molecule has 4 heterocycles. The van der Waals surface area contributed by atoms with Gasteiger partial charge in [0.15, 0.2) is 16.5 Å². The van der Waals surface area contributed by atoms with Crippen LogP contribution in [0.5, 0.6) is 0 Å². The molecule has 1 saturated heterocycles. The van der Waals surface area contributed by atoms with Gasteiger partial charge in [-0.3, -0.25) is 14.3 Å². The number of thiazole rings is 1. The Hall–Kier alpha value is -5.82. The van der Waals surface area contributed by atoms with Crippen LogP contribution >= 0.6 is 22.9 Å². The molecule has 0 unspecified atom stereocenters. The van der Waals surface area contributed by atoms with E-state index in [0.717, 1.165) is 23.9 Å². The lowest BCUT2D eigenvalue weighted by atomic mass is 9.94. The summed E-state index contributed by atoms with van der Waals surface area (Å²) in [4.78, 5) is 40.0. The highest BCUT2D eigenvalue weighted by molar-refractivity contribution is 7.22. The van der Waals surface area contributed by atoms with Crippen molar-refractivity contribution in [3.05, 3.63) is 123 Å². The van der Waals surface area contributed by atoms with Gasteiger partial charge in [-0.15, -0.1) is 0 Å². The summed E-state index contributed by atoms with van der Waals surface area (Å²) in [5.41, 5.74) is 3.44. The number of nitrogens with two attached hydrogens (primary N) is 1. The summed E-state index contributed by atoms with van der Waals surface area (Å²) < 4.78 is 118. The molecule has 10 nitrogen and oxygen atoms in total. The molecule has 0 radical (unpaired) electrons. The molecular weight excluding hydrogens is 856 g/mol. The zero-order valence-corrected chi connectivity index (χ0v) is 33.0. The van der Waals surface area contributed by atoms with E-state index in [4.69, 9.17) is 27.3 Å². The molecule has 2 amide bonds. The standard InChI is InChI=1S/C41H31ClF8N8O2S/c42-21-2-4-24(5-3-21)56-7-9-57(10-8-56)39-54-38-31(61-39)17-25(20-1-6-29(45)27(14-20)37(51)60)34(53-38)30(13-19-11-22(43)15-23(44)12-19)52-32(59)18-58-36-33(35(55-58)41(48,49)50)26-16-28(26)40(36,46)47/h1-6,11-12,14-15,17,26,28,30H,7-10,13,16,18H2,(H2,51,60)(H,52,59)/t26-,28+,30-/m0/s1. The first-order chi connectivity index (χ1) is 28.9. The second kappa shape index (κ2) is 15.0. The van der Waals surface area contributed by atoms with Crippen LogP contribution < -0.4 is 20.9 Å². The molecule has 1 aliphatic heterocycles. The Kier molecular flexibility index (Phi) is 9.96. The maximum absolute atomic E-state index is 15.4. The van der Waals surface area contributed by atoms with Crippen molar-refractivity contribution >= 4 is 55.9 Å². The van der Waals surface area contributed by atoms with Crippen molar-refractivity contribution < 1.29 is 44.7 Å². The zero-order valence-electron chi connectivity index (χ0n) is 31.4. The number of piperazine rings is 1. The van der Waals surface area contributed by atoms with Crippen LogP contribution in [0.25, 0.3) is 21.5 Å². The molecule has 2 aliphatic carbocycles. The van der Waals surface area contributed by atoms with Crippen molar-refractivity contribution in [2.24, 2.45) is 11.7 Å². The van der Waals surface area contributed by atoms with Crippen LogP contribution in [0.3, 0.4) is 0 Å². The first kappa shape index (κ1) is 40.6. The molecule has 3 N–H and O–H groups in total. The van der Waals surface area contributed by atoms with Gasteiger partial charge in [-0.1, -0.05) is 29.0 Å². The number of carbonyl (C=O) groups is 2. The van der Waals surface area contributed by atoms with Gasteiger partial charge < -0.3 is 20.9 Å². The van der Waals surface area contributed by atoms with Crippen LogP contribution in [0.2, 0.25) is 5.02 Å². The van der Waals surface area contributed by atoms with Gasteiger partial charge in [0.1, 0.15) is 29.7 Å². The SMILES string of the molecule is NC(=O)c1cc(-c2cc3sc(N4CCN(c5ccc(Cl)cc5)CC4)nc3nc2[C@H](Cc2cc(F)cc(F)c2)NC(=O)Cn2nc(C(F)(F)F)c3c2C(F)(F)[C@@H]2C[C@H]32)ccc1F. The highest BCUT2D eigenvalue weighted by Gasteiger charge is 2.68. The summed E-state index contributed by atoms with van der Waals surface area (Å²) in [7, 11) is 0. The number of alkyl halides is 5. The van der Waals surface area contributed by atoms with Crippen LogP contribution in [-0.2, 0) is 29.9 Å². The maximum atomic E-state index is 15.4. The zero-order chi connectivity index (χ0) is 43.1. The number of carbonyl (C=O) groups excluding carboxylic acids is 2. The average Bonchev–Trinajstić information content (AvgIpc) is 3.65. The molecule has 0 spiro atoms. The van der Waals surface area contributed by atoms with E-state index in [0.29, 0.717) is 51.8 Å². The second-order valence-corrected chi connectivity index (χ2v) is 16.6. The number of primary amides is 1. The first-order valence-electron chi connectivity index (χ1n) is 18.9. The molecule has 6 aromatic rings. The molecular formula is C41H31ClF8N8O2S. The number of benzene rings is 3. The number of pyridine rings is 1. The van der Waals surface area contributed by atoms with Gasteiger partial charge in [0, 0.05) is 60.0 Å². The van der Waals surface area contributed by atoms with Crippen LogP contribution in [-0.4, -0.2) is 57.7 Å².